The van der Waals surface area contributed by atoms with Crippen LogP contribution in [0.4, 0.5) is 11.6 Å². The molecule has 0 fully saturated rings. The van der Waals surface area contributed by atoms with Gasteiger partial charge in [-0.2, -0.15) is 0 Å². The number of pyridine rings is 1. The maximum Gasteiger partial charge on any atom is 0.227 e. The normalized spacial score (nSPS) is 10.1. The molecule has 1 N–H and O–H groups in total. The number of benzene rings is 1. The van der Waals surface area contributed by atoms with E-state index < -0.39 is 0 Å². The molecule has 0 aliphatic rings. The SMILES string of the molecule is c1ccc(Nc2nccc(-c3cccnc3)n2)cc1. The predicted molar refractivity (Wildman–Crippen MR) is 75.0 cm³/mol. The number of aromatic nitrogens is 3. The lowest BCUT2D eigenvalue weighted by molar-refractivity contribution is 1.16. The number of hydrogen-bond acceptors (Lipinski definition) is 4. The molecule has 0 amide bonds. The van der Waals surface area contributed by atoms with Crippen molar-refractivity contribution >= 4 is 11.6 Å². The van der Waals surface area contributed by atoms with Crippen LogP contribution >= 0.6 is 0 Å². The molecule has 0 spiro atoms. The number of nitrogens with one attached hydrogen (secondary N) is 1. The largest absolute Gasteiger partial charge is 0.324 e. The summed E-state index contributed by atoms with van der Waals surface area (Å²) in [6, 6.07) is 15.6. The van der Waals surface area contributed by atoms with Crippen LogP contribution in [-0.4, -0.2) is 15.0 Å². The number of rotatable bonds is 3. The topological polar surface area (TPSA) is 50.7 Å². The summed E-state index contributed by atoms with van der Waals surface area (Å²) in [4.78, 5) is 12.8. The first-order valence-electron chi connectivity index (χ1n) is 5.97. The Kier molecular flexibility index (Phi) is 3.14. The van der Waals surface area contributed by atoms with E-state index in [1.54, 1.807) is 18.6 Å². The molecule has 3 rings (SSSR count). The molecule has 19 heavy (non-hydrogen) atoms. The van der Waals surface area contributed by atoms with Crippen LogP contribution in [0.25, 0.3) is 11.3 Å². The standard InChI is InChI=1S/C15H12N4/c1-2-6-13(7-3-1)18-15-17-10-8-14(19-15)12-5-4-9-16-11-12/h1-11H,(H,17,18,19). The molecule has 0 atom stereocenters. The summed E-state index contributed by atoms with van der Waals surface area (Å²) in [5.74, 6) is 0.576. The van der Waals surface area contributed by atoms with E-state index >= 15 is 0 Å². The van der Waals surface area contributed by atoms with Crippen LogP contribution in [0.5, 0.6) is 0 Å². The van der Waals surface area contributed by atoms with Crippen molar-refractivity contribution in [3.05, 3.63) is 67.1 Å². The minimum absolute atomic E-state index is 0.576. The molecule has 0 saturated heterocycles. The van der Waals surface area contributed by atoms with Crippen molar-refractivity contribution in [3.63, 3.8) is 0 Å². The highest BCUT2D eigenvalue weighted by Gasteiger charge is 2.02. The van der Waals surface area contributed by atoms with E-state index in [1.165, 1.54) is 0 Å². The van der Waals surface area contributed by atoms with Gasteiger partial charge in [0.15, 0.2) is 0 Å². The molecule has 0 radical (unpaired) electrons. The lowest BCUT2D eigenvalue weighted by atomic mass is 10.2. The van der Waals surface area contributed by atoms with Gasteiger partial charge in [0, 0.05) is 29.8 Å². The fraction of sp³-hybridized carbons (Fsp3) is 0. The fourth-order valence-corrected chi connectivity index (χ4v) is 1.74. The first-order chi connectivity index (χ1) is 9.42. The molecule has 0 unspecified atom stereocenters. The van der Waals surface area contributed by atoms with Gasteiger partial charge in [0.1, 0.15) is 0 Å². The van der Waals surface area contributed by atoms with Crippen molar-refractivity contribution < 1.29 is 0 Å². The molecule has 0 saturated carbocycles. The van der Waals surface area contributed by atoms with E-state index in [0.717, 1.165) is 16.9 Å². The van der Waals surface area contributed by atoms with Crippen molar-refractivity contribution in [2.75, 3.05) is 5.32 Å². The van der Waals surface area contributed by atoms with Gasteiger partial charge in [-0.25, -0.2) is 9.97 Å². The van der Waals surface area contributed by atoms with Gasteiger partial charge in [-0.15, -0.1) is 0 Å². The second kappa shape index (κ2) is 5.27. The highest BCUT2D eigenvalue weighted by molar-refractivity contribution is 5.60. The van der Waals surface area contributed by atoms with Crippen LogP contribution in [0.3, 0.4) is 0 Å². The zero-order valence-corrected chi connectivity index (χ0v) is 10.2. The third-order valence-corrected chi connectivity index (χ3v) is 2.64. The van der Waals surface area contributed by atoms with Crippen LogP contribution in [-0.2, 0) is 0 Å². The van der Waals surface area contributed by atoms with E-state index in [1.807, 2.05) is 48.5 Å². The van der Waals surface area contributed by atoms with Gasteiger partial charge in [-0.3, -0.25) is 4.98 Å². The van der Waals surface area contributed by atoms with Crippen molar-refractivity contribution in [3.8, 4) is 11.3 Å². The zero-order valence-electron chi connectivity index (χ0n) is 10.2. The molecule has 2 aromatic heterocycles. The Hall–Kier alpha value is -2.75. The van der Waals surface area contributed by atoms with Gasteiger partial charge in [0.25, 0.3) is 0 Å². The zero-order chi connectivity index (χ0) is 12.9. The Balaban J connectivity index is 1.89. The van der Waals surface area contributed by atoms with Crippen molar-refractivity contribution in [1.29, 1.82) is 0 Å². The summed E-state index contributed by atoms with van der Waals surface area (Å²) in [5, 5.41) is 3.17. The number of para-hydroxylation sites is 1. The second-order valence-corrected chi connectivity index (χ2v) is 4.00. The first kappa shape index (κ1) is 11.3. The van der Waals surface area contributed by atoms with Crippen molar-refractivity contribution in [1.82, 2.24) is 15.0 Å². The molecule has 4 nitrogen and oxygen atoms in total. The average Bonchev–Trinajstić information content (AvgIpc) is 2.49. The van der Waals surface area contributed by atoms with Crippen LogP contribution in [0.15, 0.2) is 67.1 Å². The molecule has 1 aromatic carbocycles. The first-order valence-corrected chi connectivity index (χ1v) is 5.97. The van der Waals surface area contributed by atoms with Gasteiger partial charge in [0.2, 0.25) is 5.95 Å². The van der Waals surface area contributed by atoms with E-state index in [0.29, 0.717) is 5.95 Å². The van der Waals surface area contributed by atoms with Crippen LogP contribution in [0.1, 0.15) is 0 Å². The molecule has 92 valence electrons. The lowest BCUT2D eigenvalue weighted by Gasteiger charge is -2.06. The molecule has 0 aliphatic carbocycles. The highest BCUT2D eigenvalue weighted by Crippen LogP contribution is 2.18. The third-order valence-electron chi connectivity index (χ3n) is 2.64. The summed E-state index contributed by atoms with van der Waals surface area (Å²) in [6.45, 7) is 0. The monoisotopic (exact) mass is 248 g/mol. The van der Waals surface area contributed by atoms with E-state index in [9.17, 15) is 0 Å². The Morgan fingerprint density at radius 3 is 2.53 bits per heavy atom. The maximum atomic E-state index is 4.48. The fourth-order valence-electron chi connectivity index (χ4n) is 1.74. The smallest absolute Gasteiger partial charge is 0.227 e. The summed E-state index contributed by atoms with van der Waals surface area (Å²) in [7, 11) is 0. The molecule has 4 heteroatoms. The molecule has 0 aliphatic heterocycles. The Bertz CT molecular complexity index is 653. The predicted octanol–water partition coefficient (Wildman–Crippen LogP) is 3.28. The summed E-state index contributed by atoms with van der Waals surface area (Å²) in [5.41, 5.74) is 2.79. The minimum Gasteiger partial charge on any atom is -0.324 e. The van der Waals surface area contributed by atoms with Gasteiger partial charge in [-0.1, -0.05) is 18.2 Å². The van der Waals surface area contributed by atoms with Gasteiger partial charge >= 0.3 is 0 Å². The van der Waals surface area contributed by atoms with Crippen LogP contribution in [0, 0.1) is 0 Å². The summed E-state index contributed by atoms with van der Waals surface area (Å²) >= 11 is 0. The number of hydrogen-bond donors (Lipinski definition) is 1. The van der Waals surface area contributed by atoms with Gasteiger partial charge in [-0.05, 0) is 30.3 Å². The Labute approximate surface area is 111 Å². The Morgan fingerprint density at radius 1 is 0.842 bits per heavy atom. The maximum absolute atomic E-state index is 4.48. The van der Waals surface area contributed by atoms with Crippen LogP contribution < -0.4 is 5.32 Å². The van der Waals surface area contributed by atoms with Gasteiger partial charge < -0.3 is 5.32 Å². The summed E-state index contributed by atoms with van der Waals surface area (Å²) in [6.07, 6.45) is 5.27. The quantitative estimate of drug-likeness (QED) is 0.772. The van der Waals surface area contributed by atoms with Crippen LogP contribution in [0.2, 0.25) is 0 Å². The van der Waals surface area contributed by atoms with E-state index in [-0.39, 0.29) is 0 Å². The third kappa shape index (κ3) is 2.74. The Morgan fingerprint density at radius 2 is 1.74 bits per heavy atom. The average molecular weight is 248 g/mol. The minimum atomic E-state index is 0.576. The van der Waals surface area contributed by atoms with E-state index in [4.69, 9.17) is 0 Å². The molecule has 2 heterocycles. The lowest BCUT2D eigenvalue weighted by Crippen LogP contribution is -1.97. The van der Waals surface area contributed by atoms with Crippen molar-refractivity contribution in [2.45, 2.75) is 0 Å². The van der Waals surface area contributed by atoms with Crippen molar-refractivity contribution in [2.24, 2.45) is 0 Å². The second-order valence-electron chi connectivity index (χ2n) is 4.00. The number of anilines is 2. The molecular formula is C15H12N4. The molecule has 3 aromatic rings. The number of nitrogens with zero attached hydrogens (tertiary/aromatic N) is 3. The van der Waals surface area contributed by atoms with Gasteiger partial charge in [0.05, 0.1) is 5.69 Å². The highest BCUT2D eigenvalue weighted by atomic mass is 15.1. The molecule has 0 bridgehead atoms. The van der Waals surface area contributed by atoms with E-state index in [2.05, 4.69) is 20.3 Å². The molecular weight excluding hydrogens is 236 g/mol. The summed E-state index contributed by atoms with van der Waals surface area (Å²) < 4.78 is 0.